The SMILES string of the molecule is Cc1nc(CC(NN)c2ccoc2C)cs1. The molecule has 0 saturated heterocycles. The zero-order valence-electron chi connectivity index (χ0n) is 9.36. The normalized spacial score (nSPS) is 12.9. The average molecular weight is 237 g/mol. The molecular weight excluding hydrogens is 222 g/mol. The molecule has 0 radical (unpaired) electrons. The van der Waals surface area contributed by atoms with Gasteiger partial charge in [0.25, 0.3) is 0 Å². The number of nitrogens with two attached hydrogens (primary N) is 1. The molecular formula is C11H15N3OS. The fourth-order valence-corrected chi connectivity index (χ4v) is 2.35. The van der Waals surface area contributed by atoms with Crippen molar-refractivity contribution >= 4 is 11.3 Å². The molecule has 0 bridgehead atoms. The lowest BCUT2D eigenvalue weighted by Crippen LogP contribution is -2.29. The van der Waals surface area contributed by atoms with Gasteiger partial charge < -0.3 is 4.42 Å². The van der Waals surface area contributed by atoms with Crippen LogP contribution in [-0.2, 0) is 6.42 Å². The van der Waals surface area contributed by atoms with Gasteiger partial charge in [-0.1, -0.05) is 0 Å². The molecule has 2 aromatic rings. The Morgan fingerprint density at radius 1 is 1.56 bits per heavy atom. The van der Waals surface area contributed by atoms with E-state index in [2.05, 4.69) is 15.8 Å². The highest BCUT2D eigenvalue weighted by Gasteiger charge is 2.16. The summed E-state index contributed by atoms with van der Waals surface area (Å²) in [5.74, 6) is 6.47. The van der Waals surface area contributed by atoms with Crippen LogP contribution in [0.4, 0.5) is 0 Å². The first kappa shape index (κ1) is 11.3. The van der Waals surface area contributed by atoms with Crippen LogP contribution in [0.15, 0.2) is 22.1 Å². The van der Waals surface area contributed by atoms with E-state index in [-0.39, 0.29) is 6.04 Å². The summed E-state index contributed by atoms with van der Waals surface area (Å²) in [7, 11) is 0. The zero-order valence-corrected chi connectivity index (χ0v) is 10.2. The third-order valence-electron chi connectivity index (χ3n) is 2.56. The van der Waals surface area contributed by atoms with E-state index in [1.807, 2.05) is 19.9 Å². The molecule has 86 valence electrons. The van der Waals surface area contributed by atoms with Crippen LogP contribution in [0.2, 0.25) is 0 Å². The van der Waals surface area contributed by atoms with Crippen molar-refractivity contribution in [1.82, 2.24) is 10.4 Å². The number of rotatable bonds is 4. The van der Waals surface area contributed by atoms with Crippen molar-refractivity contribution in [2.75, 3.05) is 0 Å². The number of hydrogen-bond acceptors (Lipinski definition) is 5. The van der Waals surface area contributed by atoms with E-state index >= 15 is 0 Å². The minimum absolute atomic E-state index is 0.0558. The summed E-state index contributed by atoms with van der Waals surface area (Å²) >= 11 is 1.66. The van der Waals surface area contributed by atoms with Gasteiger partial charge in [0.2, 0.25) is 0 Å². The monoisotopic (exact) mass is 237 g/mol. The Morgan fingerprint density at radius 3 is 2.88 bits per heavy atom. The average Bonchev–Trinajstić information content (AvgIpc) is 2.84. The highest BCUT2D eigenvalue weighted by Crippen LogP contribution is 2.22. The molecule has 1 atom stereocenters. The summed E-state index contributed by atoms with van der Waals surface area (Å²) in [5, 5.41) is 3.14. The predicted octanol–water partition coefficient (Wildman–Crippen LogP) is 2.10. The number of nitrogens with zero attached hydrogens (tertiary/aromatic N) is 1. The summed E-state index contributed by atoms with van der Waals surface area (Å²) in [6.07, 6.45) is 2.46. The van der Waals surface area contributed by atoms with Gasteiger partial charge in [-0.2, -0.15) is 0 Å². The fourth-order valence-electron chi connectivity index (χ4n) is 1.73. The second-order valence-corrected chi connectivity index (χ2v) is 4.78. The maximum absolute atomic E-state index is 5.57. The van der Waals surface area contributed by atoms with Gasteiger partial charge in [0, 0.05) is 17.4 Å². The number of furan rings is 1. The van der Waals surface area contributed by atoms with E-state index in [1.165, 1.54) is 0 Å². The van der Waals surface area contributed by atoms with Crippen molar-refractivity contribution in [2.24, 2.45) is 5.84 Å². The number of thiazole rings is 1. The Morgan fingerprint density at radius 2 is 2.38 bits per heavy atom. The Balaban J connectivity index is 2.15. The minimum Gasteiger partial charge on any atom is -0.469 e. The fraction of sp³-hybridized carbons (Fsp3) is 0.364. The van der Waals surface area contributed by atoms with Crippen LogP contribution >= 0.6 is 11.3 Å². The van der Waals surface area contributed by atoms with Crippen molar-refractivity contribution < 1.29 is 4.42 Å². The number of aromatic nitrogens is 1. The van der Waals surface area contributed by atoms with Crippen molar-refractivity contribution in [2.45, 2.75) is 26.3 Å². The Bertz CT molecular complexity index is 463. The highest BCUT2D eigenvalue weighted by atomic mass is 32.1. The van der Waals surface area contributed by atoms with Crippen LogP contribution in [0.25, 0.3) is 0 Å². The minimum atomic E-state index is 0.0558. The largest absolute Gasteiger partial charge is 0.469 e. The number of aryl methyl sites for hydroxylation is 2. The molecule has 1 unspecified atom stereocenters. The first-order chi connectivity index (χ1) is 7.70. The molecule has 0 fully saturated rings. The molecule has 0 spiro atoms. The van der Waals surface area contributed by atoms with Gasteiger partial charge in [0.1, 0.15) is 5.76 Å². The summed E-state index contributed by atoms with van der Waals surface area (Å²) in [5.41, 5.74) is 4.96. The van der Waals surface area contributed by atoms with Gasteiger partial charge in [-0.05, 0) is 19.9 Å². The zero-order chi connectivity index (χ0) is 11.5. The summed E-state index contributed by atoms with van der Waals surface area (Å²) in [6.45, 7) is 3.94. The molecule has 2 rings (SSSR count). The molecule has 0 aliphatic heterocycles. The molecule has 0 aliphatic carbocycles. The Labute approximate surface area is 98.5 Å². The molecule has 16 heavy (non-hydrogen) atoms. The van der Waals surface area contributed by atoms with Gasteiger partial charge in [0.15, 0.2) is 0 Å². The third-order valence-corrected chi connectivity index (χ3v) is 3.38. The van der Waals surface area contributed by atoms with E-state index in [4.69, 9.17) is 10.3 Å². The van der Waals surface area contributed by atoms with Gasteiger partial charge in [0.05, 0.1) is 23.0 Å². The van der Waals surface area contributed by atoms with Crippen LogP contribution in [-0.4, -0.2) is 4.98 Å². The van der Waals surface area contributed by atoms with Crippen LogP contribution in [0.3, 0.4) is 0 Å². The maximum atomic E-state index is 5.57. The second-order valence-electron chi connectivity index (χ2n) is 3.71. The van der Waals surface area contributed by atoms with Crippen LogP contribution in [0, 0.1) is 13.8 Å². The number of hydrogen-bond donors (Lipinski definition) is 2. The first-order valence-corrected chi connectivity index (χ1v) is 6.00. The van der Waals surface area contributed by atoms with Crippen molar-refractivity contribution in [3.05, 3.63) is 39.7 Å². The van der Waals surface area contributed by atoms with E-state index in [1.54, 1.807) is 17.6 Å². The molecule has 2 aromatic heterocycles. The van der Waals surface area contributed by atoms with Gasteiger partial charge in [-0.25, -0.2) is 4.98 Å². The third kappa shape index (κ3) is 2.32. The summed E-state index contributed by atoms with van der Waals surface area (Å²) < 4.78 is 5.28. The van der Waals surface area contributed by atoms with Gasteiger partial charge >= 0.3 is 0 Å². The molecule has 0 saturated carbocycles. The van der Waals surface area contributed by atoms with Crippen molar-refractivity contribution in [1.29, 1.82) is 0 Å². The molecule has 0 aliphatic rings. The highest BCUT2D eigenvalue weighted by molar-refractivity contribution is 7.09. The first-order valence-electron chi connectivity index (χ1n) is 5.12. The standard InChI is InChI=1S/C11H15N3OS/c1-7-10(3-4-15-7)11(14-12)5-9-6-16-8(2)13-9/h3-4,6,11,14H,5,12H2,1-2H3. The molecule has 3 N–H and O–H groups in total. The lowest BCUT2D eigenvalue weighted by Gasteiger charge is -2.13. The number of hydrazine groups is 1. The topological polar surface area (TPSA) is 64.1 Å². The van der Waals surface area contributed by atoms with Crippen LogP contribution in [0.1, 0.15) is 28.1 Å². The summed E-state index contributed by atoms with van der Waals surface area (Å²) in [4.78, 5) is 4.43. The number of nitrogens with one attached hydrogen (secondary N) is 1. The van der Waals surface area contributed by atoms with E-state index in [0.29, 0.717) is 0 Å². The van der Waals surface area contributed by atoms with E-state index < -0.39 is 0 Å². The van der Waals surface area contributed by atoms with Crippen LogP contribution < -0.4 is 11.3 Å². The predicted molar refractivity (Wildman–Crippen MR) is 64.1 cm³/mol. The quantitative estimate of drug-likeness (QED) is 0.631. The molecule has 5 heteroatoms. The maximum Gasteiger partial charge on any atom is 0.105 e. The van der Waals surface area contributed by atoms with E-state index in [9.17, 15) is 0 Å². The molecule has 0 aromatic carbocycles. The van der Waals surface area contributed by atoms with Crippen molar-refractivity contribution in [3.63, 3.8) is 0 Å². The van der Waals surface area contributed by atoms with E-state index in [0.717, 1.165) is 28.4 Å². The van der Waals surface area contributed by atoms with Crippen molar-refractivity contribution in [3.8, 4) is 0 Å². The lowest BCUT2D eigenvalue weighted by atomic mass is 10.0. The van der Waals surface area contributed by atoms with Crippen LogP contribution in [0.5, 0.6) is 0 Å². The second kappa shape index (κ2) is 4.78. The Hall–Kier alpha value is -1.17. The summed E-state index contributed by atoms with van der Waals surface area (Å²) in [6, 6.07) is 2.00. The molecule has 2 heterocycles. The molecule has 4 nitrogen and oxygen atoms in total. The molecule has 0 amide bonds. The van der Waals surface area contributed by atoms with Gasteiger partial charge in [-0.15, -0.1) is 11.3 Å². The smallest absolute Gasteiger partial charge is 0.105 e. The Kier molecular flexibility index (Phi) is 3.38. The van der Waals surface area contributed by atoms with Gasteiger partial charge in [-0.3, -0.25) is 11.3 Å². The lowest BCUT2D eigenvalue weighted by molar-refractivity contribution is 0.500.